The fourth-order valence-corrected chi connectivity index (χ4v) is 2.62. The summed E-state index contributed by atoms with van der Waals surface area (Å²) in [5, 5.41) is 12.5. The zero-order valence-corrected chi connectivity index (χ0v) is 11.6. The number of thiazole rings is 1. The Bertz CT molecular complexity index is 529. The van der Waals surface area contributed by atoms with Gasteiger partial charge in [-0.05, 0) is 24.6 Å². The van der Waals surface area contributed by atoms with Crippen molar-refractivity contribution < 1.29 is 9.50 Å². The van der Waals surface area contributed by atoms with Crippen molar-refractivity contribution >= 4 is 27.3 Å². The third kappa shape index (κ3) is 3.12. The van der Waals surface area contributed by atoms with Crippen LogP contribution in [0.3, 0.4) is 0 Å². The molecule has 1 N–H and O–H groups in total. The van der Waals surface area contributed by atoms with Crippen molar-refractivity contribution in [3.8, 4) is 0 Å². The van der Waals surface area contributed by atoms with E-state index in [1.165, 1.54) is 17.4 Å². The van der Waals surface area contributed by atoms with Gasteiger partial charge in [-0.15, -0.1) is 11.3 Å². The third-order valence-electron chi connectivity index (χ3n) is 2.35. The van der Waals surface area contributed by atoms with Crippen molar-refractivity contribution in [2.45, 2.75) is 19.4 Å². The lowest BCUT2D eigenvalue weighted by Crippen LogP contribution is -2.03. The summed E-state index contributed by atoms with van der Waals surface area (Å²) in [6, 6.07) is 4.83. The normalized spacial score (nSPS) is 12.7. The molecular weight excluding hydrogens is 305 g/mol. The minimum absolute atomic E-state index is 0.242. The second-order valence-corrected chi connectivity index (χ2v) is 5.59. The van der Waals surface area contributed by atoms with Crippen molar-refractivity contribution in [1.82, 2.24) is 4.98 Å². The van der Waals surface area contributed by atoms with Crippen molar-refractivity contribution in [1.29, 1.82) is 0 Å². The molecule has 2 rings (SSSR count). The topological polar surface area (TPSA) is 33.1 Å². The molecule has 0 bridgehead atoms. The average Bonchev–Trinajstić information content (AvgIpc) is 2.69. The average molecular weight is 316 g/mol. The van der Waals surface area contributed by atoms with Gasteiger partial charge < -0.3 is 5.11 Å². The van der Waals surface area contributed by atoms with Gasteiger partial charge in [0.2, 0.25) is 0 Å². The molecule has 2 aromatic rings. The van der Waals surface area contributed by atoms with E-state index >= 15 is 0 Å². The highest BCUT2D eigenvalue weighted by molar-refractivity contribution is 9.10. The van der Waals surface area contributed by atoms with Gasteiger partial charge in [0.15, 0.2) is 0 Å². The lowest BCUT2D eigenvalue weighted by Gasteiger charge is -2.08. The Morgan fingerprint density at radius 2 is 2.29 bits per heavy atom. The number of benzene rings is 1. The quantitative estimate of drug-likeness (QED) is 0.938. The molecule has 0 aliphatic rings. The molecule has 0 aliphatic heterocycles. The van der Waals surface area contributed by atoms with E-state index in [0.717, 1.165) is 5.69 Å². The largest absolute Gasteiger partial charge is 0.386 e. The Labute approximate surface area is 111 Å². The van der Waals surface area contributed by atoms with Gasteiger partial charge >= 0.3 is 0 Å². The highest BCUT2D eigenvalue weighted by atomic mass is 79.9. The van der Waals surface area contributed by atoms with E-state index in [1.807, 2.05) is 12.3 Å². The van der Waals surface area contributed by atoms with Gasteiger partial charge in [0.25, 0.3) is 0 Å². The Hall–Kier alpha value is -0.780. The molecule has 2 nitrogen and oxygen atoms in total. The van der Waals surface area contributed by atoms with E-state index in [4.69, 9.17) is 0 Å². The van der Waals surface area contributed by atoms with Crippen LogP contribution in [0.15, 0.2) is 28.1 Å². The molecular formula is C12H11BrFNOS. The molecule has 0 radical (unpaired) electrons. The van der Waals surface area contributed by atoms with Crippen LogP contribution in [-0.4, -0.2) is 10.1 Å². The lowest BCUT2D eigenvalue weighted by molar-refractivity contribution is 0.176. The van der Waals surface area contributed by atoms with Crippen LogP contribution < -0.4 is 0 Å². The van der Waals surface area contributed by atoms with E-state index in [-0.39, 0.29) is 12.2 Å². The number of nitrogens with zero attached hydrogens (tertiary/aromatic N) is 1. The fourth-order valence-electron chi connectivity index (χ4n) is 1.51. The van der Waals surface area contributed by atoms with Crippen LogP contribution in [0.1, 0.15) is 22.4 Å². The molecule has 0 aliphatic carbocycles. The molecule has 0 fully saturated rings. The number of aromatic nitrogens is 1. The number of aliphatic hydroxyl groups excluding tert-OH is 1. The van der Waals surface area contributed by atoms with Gasteiger partial charge in [-0.3, -0.25) is 0 Å². The third-order valence-corrected chi connectivity index (χ3v) is 3.91. The maximum absolute atomic E-state index is 13.6. The standard InChI is InChI=1S/C12H11BrFNOS/c1-7-6-17-12(15-7)11(16)4-8-2-3-9(13)5-10(8)14/h2-3,5-6,11,16H,4H2,1H3. The summed E-state index contributed by atoms with van der Waals surface area (Å²) in [6.07, 6.45) is -0.504. The summed E-state index contributed by atoms with van der Waals surface area (Å²) in [7, 11) is 0. The molecule has 5 heteroatoms. The molecule has 1 unspecified atom stereocenters. The Morgan fingerprint density at radius 3 is 2.88 bits per heavy atom. The van der Waals surface area contributed by atoms with Crippen molar-refractivity contribution in [2.24, 2.45) is 0 Å². The number of aryl methyl sites for hydroxylation is 1. The highest BCUT2D eigenvalue weighted by Crippen LogP contribution is 2.24. The van der Waals surface area contributed by atoms with Crippen LogP contribution >= 0.6 is 27.3 Å². The van der Waals surface area contributed by atoms with Crippen molar-refractivity contribution in [3.63, 3.8) is 0 Å². The number of hydrogen-bond donors (Lipinski definition) is 1. The number of hydrogen-bond acceptors (Lipinski definition) is 3. The maximum Gasteiger partial charge on any atom is 0.127 e. The Balaban J connectivity index is 2.15. The predicted octanol–water partition coefficient (Wildman–Crippen LogP) is 3.63. The first kappa shape index (κ1) is 12.7. The van der Waals surface area contributed by atoms with Gasteiger partial charge in [-0.1, -0.05) is 22.0 Å². The predicted molar refractivity (Wildman–Crippen MR) is 69.6 cm³/mol. The van der Waals surface area contributed by atoms with Gasteiger partial charge in [0.05, 0.1) is 0 Å². The number of aliphatic hydroxyl groups is 1. The summed E-state index contributed by atoms with van der Waals surface area (Å²) < 4.78 is 14.3. The molecule has 90 valence electrons. The van der Waals surface area contributed by atoms with Crippen LogP contribution in [-0.2, 0) is 6.42 Å². The summed E-state index contributed by atoms with van der Waals surface area (Å²) in [5.41, 5.74) is 1.37. The second kappa shape index (κ2) is 5.25. The summed E-state index contributed by atoms with van der Waals surface area (Å²) in [6.45, 7) is 1.87. The van der Waals surface area contributed by atoms with E-state index in [0.29, 0.717) is 15.0 Å². The minimum Gasteiger partial charge on any atom is -0.386 e. The van der Waals surface area contributed by atoms with Gasteiger partial charge in [0, 0.05) is 22.0 Å². The Kier molecular flexibility index (Phi) is 3.91. The summed E-state index contributed by atoms with van der Waals surface area (Å²) >= 11 is 4.59. The molecule has 0 saturated carbocycles. The first-order chi connectivity index (χ1) is 8.06. The first-order valence-electron chi connectivity index (χ1n) is 5.10. The smallest absolute Gasteiger partial charge is 0.127 e. The van der Waals surface area contributed by atoms with E-state index in [9.17, 15) is 9.50 Å². The van der Waals surface area contributed by atoms with Gasteiger partial charge in [0.1, 0.15) is 16.9 Å². The first-order valence-corrected chi connectivity index (χ1v) is 6.77. The van der Waals surface area contributed by atoms with Crippen LogP contribution in [0.25, 0.3) is 0 Å². The van der Waals surface area contributed by atoms with Crippen molar-refractivity contribution in [2.75, 3.05) is 0 Å². The number of rotatable bonds is 3. The van der Waals surface area contributed by atoms with Gasteiger partial charge in [-0.25, -0.2) is 9.37 Å². The molecule has 17 heavy (non-hydrogen) atoms. The van der Waals surface area contributed by atoms with Gasteiger partial charge in [-0.2, -0.15) is 0 Å². The lowest BCUT2D eigenvalue weighted by atomic mass is 10.1. The zero-order chi connectivity index (χ0) is 12.4. The summed E-state index contributed by atoms with van der Waals surface area (Å²) in [4.78, 5) is 4.19. The zero-order valence-electron chi connectivity index (χ0n) is 9.15. The van der Waals surface area contributed by atoms with Crippen LogP contribution in [0, 0.1) is 12.7 Å². The highest BCUT2D eigenvalue weighted by Gasteiger charge is 2.14. The molecule has 1 aromatic carbocycles. The van der Waals surface area contributed by atoms with Crippen LogP contribution in [0.2, 0.25) is 0 Å². The molecule has 0 spiro atoms. The van der Waals surface area contributed by atoms with Crippen LogP contribution in [0.5, 0.6) is 0 Å². The molecule has 0 saturated heterocycles. The SMILES string of the molecule is Cc1csc(C(O)Cc2ccc(Br)cc2F)n1. The minimum atomic E-state index is -0.746. The molecule has 0 amide bonds. The molecule has 1 heterocycles. The van der Waals surface area contributed by atoms with E-state index < -0.39 is 6.10 Å². The number of halogens is 2. The van der Waals surface area contributed by atoms with E-state index in [2.05, 4.69) is 20.9 Å². The maximum atomic E-state index is 13.6. The second-order valence-electron chi connectivity index (χ2n) is 3.78. The fraction of sp³-hybridized carbons (Fsp3) is 0.250. The molecule has 1 atom stereocenters. The monoisotopic (exact) mass is 315 g/mol. The van der Waals surface area contributed by atoms with Crippen molar-refractivity contribution in [3.05, 3.63) is 50.1 Å². The summed E-state index contributed by atoms with van der Waals surface area (Å²) in [5.74, 6) is -0.313. The van der Waals surface area contributed by atoms with Crippen LogP contribution in [0.4, 0.5) is 4.39 Å². The van der Waals surface area contributed by atoms with E-state index in [1.54, 1.807) is 12.1 Å². The Morgan fingerprint density at radius 1 is 1.53 bits per heavy atom. The molecule has 1 aromatic heterocycles.